The fraction of sp³-hybridized carbons (Fsp3) is 0.273. The van der Waals surface area contributed by atoms with E-state index in [9.17, 15) is 0 Å². The molecule has 2 heterocycles. The van der Waals surface area contributed by atoms with E-state index in [0.717, 1.165) is 0 Å². The second kappa shape index (κ2) is 4.06. The third-order valence-electron chi connectivity index (χ3n) is 2.41. The zero-order chi connectivity index (χ0) is 11.7. The summed E-state index contributed by atoms with van der Waals surface area (Å²) in [5.74, 6) is 1.83. The topological polar surface area (TPSA) is 77.6 Å². The Kier molecular flexibility index (Phi) is 2.41. The summed E-state index contributed by atoms with van der Waals surface area (Å²) >= 11 is 0. The van der Waals surface area contributed by atoms with Crippen LogP contribution >= 0.6 is 0 Å². The summed E-state index contributed by atoms with van der Waals surface area (Å²) in [7, 11) is 0. The van der Waals surface area contributed by atoms with Gasteiger partial charge in [-0.05, 0) is 12.1 Å². The van der Waals surface area contributed by atoms with E-state index in [0.29, 0.717) is 36.2 Å². The van der Waals surface area contributed by atoms with Gasteiger partial charge in [-0.15, -0.1) is 0 Å². The van der Waals surface area contributed by atoms with Gasteiger partial charge in [0.2, 0.25) is 0 Å². The van der Waals surface area contributed by atoms with Crippen molar-refractivity contribution in [3.05, 3.63) is 24.0 Å². The van der Waals surface area contributed by atoms with Crippen LogP contribution in [0.1, 0.15) is 5.82 Å². The van der Waals surface area contributed by atoms with E-state index < -0.39 is 0 Å². The van der Waals surface area contributed by atoms with Crippen molar-refractivity contribution >= 4 is 0 Å². The highest BCUT2D eigenvalue weighted by Gasteiger charge is 2.20. The third kappa shape index (κ3) is 1.72. The summed E-state index contributed by atoms with van der Waals surface area (Å²) in [5.41, 5.74) is 0.675. The fourth-order valence-electron chi connectivity index (χ4n) is 1.67. The van der Waals surface area contributed by atoms with Gasteiger partial charge in [0.15, 0.2) is 17.3 Å². The molecule has 17 heavy (non-hydrogen) atoms. The van der Waals surface area contributed by atoms with Crippen molar-refractivity contribution in [2.75, 3.05) is 13.2 Å². The van der Waals surface area contributed by atoms with Crippen LogP contribution in [0.15, 0.2) is 22.7 Å². The van der Waals surface area contributed by atoms with Gasteiger partial charge in [0.05, 0.1) is 5.56 Å². The number of aliphatic hydroxyl groups is 1. The molecule has 0 fully saturated rings. The number of aromatic nitrogens is 2. The maximum atomic E-state index is 8.90. The standard InChI is InChI=1S/C11H10N2O4/c14-6-9-12-11(17-13-9)7-2-1-3-8-10(7)16-5-4-15-8/h1-3,14H,4-6H2. The first-order valence-corrected chi connectivity index (χ1v) is 5.21. The van der Waals surface area contributed by atoms with Crippen molar-refractivity contribution in [3.8, 4) is 23.0 Å². The maximum absolute atomic E-state index is 8.90. The second-order valence-corrected chi connectivity index (χ2v) is 3.50. The second-order valence-electron chi connectivity index (χ2n) is 3.50. The van der Waals surface area contributed by atoms with E-state index in [1.54, 1.807) is 0 Å². The molecule has 6 heteroatoms. The van der Waals surface area contributed by atoms with E-state index in [1.807, 2.05) is 18.2 Å². The van der Waals surface area contributed by atoms with Crippen LogP contribution in [0.5, 0.6) is 11.5 Å². The number of hydrogen-bond donors (Lipinski definition) is 1. The summed E-state index contributed by atoms with van der Waals surface area (Å²) in [4.78, 5) is 4.04. The van der Waals surface area contributed by atoms with Crippen LogP contribution in [0.4, 0.5) is 0 Å². The predicted molar refractivity (Wildman–Crippen MR) is 56.6 cm³/mol. The smallest absolute Gasteiger partial charge is 0.261 e. The third-order valence-corrected chi connectivity index (χ3v) is 2.41. The molecule has 0 atom stereocenters. The molecule has 0 saturated carbocycles. The number of nitrogens with zero attached hydrogens (tertiary/aromatic N) is 2. The lowest BCUT2D eigenvalue weighted by atomic mass is 10.1. The molecule has 6 nitrogen and oxygen atoms in total. The highest BCUT2D eigenvalue weighted by Crippen LogP contribution is 2.38. The van der Waals surface area contributed by atoms with Crippen molar-refractivity contribution in [1.82, 2.24) is 10.1 Å². The predicted octanol–water partition coefficient (Wildman–Crippen LogP) is 1.00. The minimum absolute atomic E-state index is 0.245. The summed E-state index contributed by atoms with van der Waals surface area (Å²) < 4.78 is 16.0. The molecule has 0 bridgehead atoms. The molecule has 1 aromatic carbocycles. The number of benzene rings is 1. The van der Waals surface area contributed by atoms with E-state index in [2.05, 4.69) is 10.1 Å². The Morgan fingerprint density at radius 3 is 2.94 bits per heavy atom. The molecule has 3 rings (SSSR count). The minimum atomic E-state index is -0.254. The molecule has 88 valence electrons. The molecule has 2 aromatic rings. The van der Waals surface area contributed by atoms with Crippen LogP contribution in [0, 0.1) is 0 Å². The summed E-state index contributed by atoms with van der Waals surface area (Å²) in [6, 6.07) is 5.45. The quantitative estimate of drug-likeness (QED) is 0.835. The highest BCUT2D eigenvalue weighted by molar-refractivity contribution is 5.67. The molecule has 1 N–H and O–H groups in total. The Hall–Kier alpha value is -2.08. The molecular formula is C11H10N2O4. The number of fused-ring (bicyclic) bond motifs is 1. The molecule has 0 radical (unpaired) electrons. The maximum Gasteiger partial charge on any atom is 0.261 e. The Morgan fingerprint density at radius 1 is 1.24 bits per heavy atom. The first kappa shape index (κ1) is 10.1. The molecule has 0 unspecified atom stereocenters. The molecule has 1 aliphatic rings. The number of para-hydroxylation sites is 1. The molecular weight excluding hydrogens is 224 g/mol. The van der Waals surface area contributed by atoms with Gasteiger partial charge in [-0.2, -0.15) is 4.98 Å². The molecule has 0 saturated heterocycles. The Balaban J connectivity index is 2.07. The zero-order valence-electron chi connectivity index (χ0n) is 8.92. The lowest BCUT2D eigenvalue weighted by Gasteiger charge is -2.19. The number of aliphatic hydroxyl groups excluding tert-OH is 1. The average molecular weight is 234 g/mol. The molecule has 0 amide bonds. The van der Waals surface area contributed by atoms with Crippen molar-refractivity contribution < 1.29 is 19.1 Å². The summed E-state index contributed by atoms with van der Waals surface area (Å²) in [6.45, 7) is 0.767. The van der Waals surface area contributed by atoms with Crippen molar-refractivity contribution in [1.29, 1.82) is 0 Å². The first-order chi connectivity index (χ1) is 8.38. The van der Waals surface area contributed by atoms with Crippen molar-refractivity contribution in [3.63, 3.8) is 0 Å². The van der Waals surface area contributed by atoms with E-state index >= 15 is 0 Å². The largest absolute Gasteiger partial charge is 0.486 e. The Bertz CT molecular complexity index is 538. The van der Waals surface area contributed by atoms with Gasteiger partial charge in [0.25, 0.3) is 5.89 Å². The lowest BCUT2D eigenvalue weighted by Crippen LogP contribution is -2.15. The number of hydrogen-bond acceptors (Lipinski definition) is 6. The van der Waals surface area contributed by atoms with Crippen LogP contribution in [-0.2, 0) is 6.61 Å². The highest BCUT2D eigenvalue weighted by atomic mass is 16.6. The summed E-state index contributed by atoms with van der Waals surface area (Å²) in [6.07, 6.45) is 0. The number of ether oxygens (including phenoxy) is 2. The van der Waals surface area contributed by atoms with E-state index in [4.69, 9.17) is 19.1 Å². The van der Waals surface area contributed by atoms with Crippen LogP contribution in [0.3, 0.4) is 0 Å². The van der Waals surface area contributed by atoms with Gasteiger partial charge < -0.3 is 19.1 Å². The monoisotopic (exact) mass is 234 g/mol. The van der Waals surface area contributed by atoms with E-state index in [-0.39, 0.29) is 12.4 Å². The Morgan fingerprint density at radius 2 is 2.12 bits per heavy atom. The lowest BCUT2D eigenvalue weighted by molar-refractivity contribution is 0.172. The van der Waals surface area contributed by atoms with Gasteiger partial charge in [0, 0.05) is 0 Å². The molecule has 1 aliphatic heterocycles. The SMILES string of the molecule is OCc1noc(-c2cccc3c2OCCO3)n1. The normalized spacial score (nSPS) is 13.7. The molecule has 0 spiro atoms. The Labute approximate surface area is 96.8 Å². The molecule has 0 aliphatic carbocycles. The average Bonchev–Trinajstić information content (AvgIpc) is 2.87. The fourth-order valence-corrected chi connectivity index (χ4v) is 1.67. The van der Waals surface area contributed by atoms with Gasteiger partial charge >= 0.3 is 0 Å². The van der Waals surface area contributed by atoms with Crippen molar-refractivity contribution in [2.45, 2.75) is 6.61 Å². The summed E-state index contributed by atoms with van der Waals surface area (Å²) in [5, 5.41) is 12.5. The van der Waals surface area contributed by atoms with Crippen LogP contribution in [0.25, 0.3) is 11.5 Å². The zero-order valence-corrected chi connectivity index (χ0v) is 8.92. The van der Waals surface area contributed by atoms with Gasteiger partial charge in [-0.1, -0.05) is 11.2 Å². The van der Waals surface area contributed by atoms with Crippen LogP contribution < -0.4 is 9.47 Å². The first-order valence-electron chi connectivity index (χ1n) is 5.21. The van der Waals surface area contributed by atoms with Crippen LogP contribution in [0.2, 0.25) is 0 Å². The van der Waals surface area contributed by atoms with E-state index in [1.165, 1.54) is 0 Å². The molecule has 1 aromatic heterocycles. The number of rotatable bonds is 2. The van der Waals surface area contributed by atoms with Gasteiger partial charge in [0.1, 0.15) is 19.8 Å². The van der Waals surface area contributed by atoms with Crippen LogP contribution in [-0.4, -0.2) is 28.5 Å². The van der Waals surface area contributed by atoms with Crippen molar-refractivity contribution in [2.24, 2.45) is 0 Å². The van der Waals surface area contributed by atoms with Gasteiger partial charge in [-0.25, -0.2) is 0 Å². The minimum Gasteiger partial charge on any atom is -0.486 e. The van der Waals surface area contributed by atoms with Gasteiger partial charge in [-0.3, -0.25) is 0 Å².